The molecule has 9 heteroatoms. The van der Waals surface area contributed by atoms with Crippen LogP contribution in [0.4, 0.5) is 0 Å². The molecule has 0 radical (unpaired) electrons. The normalized spacial score (nSPS) is 10.5. The molecule has 0 heterocycles. The highest BCUT2D eigenvalue weighted by Crippen LogP contribution is 2.27. The van der Waals surface area contributed by atoms with E-state index in [2.05, 4.69) is 30.0 Å². The van der Waals surface area contributed by atoms with E-state index in [1.807, 2.05) is 32.0 Å². The maximum atomic E-state index is 12.4. The van der Waals surface area contributed by atoms with Gasteiger partial charge in [0.05, 0.1) is 6.61 Å². The highest BCUT2D eigenvalue weighted by Gasteiger charge is 2.12. The number of hydrogen-bond donors (Lipinski definition) is 3. The quantitative estimate of drug-likeness (QED) is 0.277. The lowest BCUT2D eigenvalue weighted by Gasteiger charge is -2.15. The number of rotatable bonds is 10. The van der Waals surface area contributed by atoms with Crippen molar-refractivity contribution in [2.24, 2.45) is 0 Å². The zero-order valence-electron chi connectivity index (χ0n) is 19.4. The van der Waals surface area contributed by atoms with Gasteiger partial charge in [-0.1, -0.05) is 32.0 Å². The van der Waals surface area contributed by atoms with Gasteiger partial charge in [0.25, 0.3) is 11.8 Å². The van der Waals surface area contributed by atoms with Gasteiger partial charge in [-0.25, -0.2) is 0 Å². The molecule has 0 atom stereocenters. The van der Waals surface area contributed by atoms with Crippen molar-refractivity contribution in [3.05, 3.63) is 59.2 Å². The Hall–Kier alpha value is -3.17. The molecule has 0 aliphatic carbocycles. The van der Waals surface area contributed by atoms with E-state index >= 15 is 0 Å². The Bertz CT molecular complexity index is 965. The molecule has 0 saturated carbocycles. The van der Waals surface area contributed by atoms with Crippen LogP contribution in [0.15, 0.2) is 42.5 Å². The maximum Gasteiger partial charge on any atom is 0.276 e. The van der Waals surface area contributed by atoms with Crippen LogP contribution < -0.4 is 25.6 Å². The van der Waals surface area contributed by atoms with E-state index in [0.717, 1.165) is 11.1 Å². The molecule has 0 bridgehead atoms. The molecule has 33 heavy (non-hydrogen) atoms. The SMILES string of the molecule is CCOCCOc1cccc(C(=O)NC(=S)NNC(=O)COc2cc(C)ccc2C(C)C)c1. The zero-order chi connectivity index (χ0) is 24.2. The third-order valence-electron chi connectivity index (χ3n) is 4.49. The molecule has 2 amide bonds. The molecule has 0 fully saturated rings. The first-order valence-electron chi connectivity index (χ1n) is 10.7. The van der Waals surface area contributed by atoms with E-state index in [1.165, 1.54) is 0 Å². The molecule has 0 aliphatic heterocycles. The molecule has 2 aromatic rings. The van der Waals surface area contributed by atoms with Crippen LogP contribution in [0.5, 0.6) is 11.5 Å². The summed E-state index contributed by atoms with van der Waals surface area (Å²) in [6.45, 7) is 9.25. The minimum atomic E-state index is -0.437. The molecule has 2 rings (SSSR count). The fourth-order valence-corrected chi connectivity index (χ4v) is 2.99. The Morgan fingerprint density at radius 2 is 1.82 bits per heavy atom. The summed E-state index contributed by atoms with van der Waals surface area (Å²) in [6.07, 6.45) is 0. The number of carbonyl (C=O) groups is 2. The van der Waals surface area contributed by atoms with E-state index in [-0.39, 0.29) is 17.6 Å². The van der Waals surface area contributed by atoms with Gasteiger partial charge in [-0.05, 0) is 67.4 Å². The number of hydrazine groups is 1. The molecule has 0 aliphatic rings. The standard InChI is InChI=1S/C24H31N3O5S/c1-5-30-11-12-31-19-8-6-7-18(14-19)23(29)25-24(33)27-26-22(28)15-32-21-13-17(4)9-10-20(21)16(2)3/h6-10,13-14,16H,5,11-12,15H2,1-4H3,(H,26,28)(H2,25,27,29,33). The Labute approximate surface area is 200 Å². The van der Waals surface area contributed by atoms with Crippen LogP contribution in [0.3, 0.4) is 0 Å². The molecule has 178 valence electrons. The molecule has 0 aromatic heterocycles. The van der Waals surface area contributed by atoms with Crippen molar-refractivity contribution in [2.75, 3.05) is 26.4 Å². The number of ether oxygens (including phenoxy) is 3. The largest absolute Gasteiger partial charge is 0.491 e. The summed E-state index contributed by atoms with van der Waals surface area (Å²) in [5.41, 5.74) is 7.35. The number of benzene rings is 2. The average molecular weight is 474 g/mol. The Kier molecular flexibility index (Phi) is 10.6. The Morgan fingerprint density at radius 1 is 1.03 bits per heavy atom. The van der Waals surface area contributed by atoms with Gasteiger partial charge in [-0.3, -0.25) is 25.8 Å². The highest BCUT2D eigenvalue weighted by atomic mass is 32.1. The maximum absolute atomic E-state index is 12.4. The predicted molar refractivity (Wildman–Crippen MR) is 131 cm³/mol. The van der Waals surface area contributed by atoms with Crippen LogP contribution in [0, 0.1) is 6.92 Å². The van der Waals surface area contributed by atoms with Gasteiger partial charge in [0, 0.05) is 12.2 Å². The van der Waals surface area contributed by atoms with Crippen LogP contribution in [0.25, 0.3) is 0 Å². The first-order valence-corrected chi connectivity index (χ1v) is 11.1. The van der Waals surface area contributed by atoms with Gasteiger partial charge < -0.3 is 14.2 Å². The number of amides is 2. The molecule has 2 aromatic carbocycles. The number of nitrogens with one attached hydrogen (secondary N) is 3. The summed E-state index contributed by atoms with van der Waals surface area (Å²) in [4.78, 5) is 24.6. The van der Waals surface area contributed by atoms with Gasteiger partial charge in [-0.2, -0.15) is 0 Å². The van der Waals surface area contributed by atoms with E-state index < -0.39 is 11.8 Å². The molecule has 0 spiro atoms. The molecular formula is C24H31N3O5S. The third kappa shape index (κ3) is 9.07. The second kappa shape index (κ2) is 13.4. The van der Waals surface area contributed by atoms with Crippen molar-refractivity contribution >= 4 is 29.1 Å². The van der Waals surface area contributed by atoms with Gasteiger partial charge in [0.1, 0.15) is 18.1 Å². The van der Waals surface area contributed by atoms with E-state index in [9.17, 15) is 9.59 Å². The summed E-state index contributed by atoms with van der Waals surface area (Å²) in [5.74, 6) is 0.600. The minimum Gasteiger partial charge on any atom is -0.491 e. The minimum absolute atomic E-state index is 0.0468. The smallest absolute Gasteiger partial charge is 0.276 e. The summed E-state index contributed by atoms with van der Waals surface area (Å²) in [7, 11) is 0. The van der Waals surface area contributed by atoms with Crippen LogP contribution in [0.2, 0.25) is 0 Å². The molecule has 0 unspecified atom stereocenters. The Morgan fingerprint density at radius 3 is 2.55 bits per heavy atom. The number of carbonyl (C=O) groups excluding carboxylic acids is 2. The summed E-state index contributed by atoms with van der Waals surface area (Å²) < 4.78 is 16.5. The van der Waals surface area contributed by atoms with Crippen molar-refractivity contribution in [1.82, 2.24) is 16.2 Å². The fraction of sp³-hybridized carbons (Fsp3) is 0.375. The van der Waals surface area contributed by atoms with Crippen LogP contribution in [-0.2, 0) is 9.53 Å². The second-order valence-corrected chi connectivity index (χ2v) is 7.92. The van der Waals surface area contributed by atoms with Crippen molar-refractivity contribution in [3.63, 3.8) is 0 Å². The second-order valence-electron chi connectivity index (χ2n) is 7.51. The van der Waals surface area contributed by atoms with Crippen molar-refractivity contribution in [2.45, 2.75) is 33.6 Å². The summed E-state index contributed by atoms with van der Waals surface area (Å²) in [6, 6.07) is 12.6. The Balaban J connectivity index is 1.79. The van der Waals surface area contributed by atoms with E-state index in [0.29, 0.717) is 36.9 Å². The third-order valence-corrected chi connectivity index (χ3v) is 4.69. The topological polar surface area (TPSA) is 97.9 Å². The van der Waals surface area contributed by atoms with Crippen LogP contribution in [-0.4, -0.2) is 43.4 Å². The van der Waals surface area contributed by atoms with Gasteiger partial charge in [0.2, 0.25) is 0 Å². The van der Waals surface area contributed by atoms with E-state index in [1.54, 1.807) is 24.3 Å². The molecule has 0 saturated heterocycles. The molecule has 8 nitrogen and oxygen atoms in total. The van der Waals surface area contributed by atoms with Crippen LogP contribution >= 0.6 is 12.2 Å². The lowest BCUT2D eigenvalue weighted by atomic mass is 10.0. The van der Waals surface area contributed by atoms with Crippen molar-refractivity contribution in [1.29, 1.82) is 0 Å². The fourth-order valence-electron chi connectivity index (χ4n) is 2.85. The lowest BCUT2D eigenvalue weighted by molar-refractivity contribution is -0.123. The molecular weight excluding hydrogens is 442 g/mol. The van der Waals surface area contributed by atoms with Crippen molar-refractivity contribution in [3.8, 4) is 11.5 Å². The van der Waals surface area contributed by atoms with Gasteiger partial charge in [-0.15, -0.1) is 0 Å². The number of thiocarbonyl (C=S) groups is 1. The number of aryl methyl sites for hydroxylation is 1. The average Bonchev–Trinajstić information content (AvgIpc) is 2.79. The first-order chi connectivity index (χ1) is 15.8. The van der Waals surface area contributed by atoms with Gasteiger partial charge >= 0.3 is 0 Å². The summed E-state index contributed by atoms with van der Waals surface area (Å²) >= 11 is 5.08. The lowest BCUT2D eigenvalue weighted by Crippen LogP contribution is -2.49. The molecule has 3 N–H and O–H groups in total. The van der Waals surface area contributed by atoms with Crippen LogP contribution in [0.1, 0.15) is 48.2 Å². The number of hydrogen-bond acceptors (Lipinski definition) is 6. The predicted octanol–water partition coefficient (Wildman–Crippen LogP) is 3.25. The first kappa shape index (κ1) is 26.1. The van der Waals surface area contributed by atoms with E-state index in [4.69, 9.17) is 26.4 Å². The monoisotopic (exact) mass is 473 g/mol. The van der Waals surface area contributed by atoms with Crippen molar-refractivity contribution < 1.29 is 23.8 Å². The highest BCUT2D eigenvalue weighted by molar-refractivity contribution is 7.80. The van der Waals surface area contributed by atoms with Gasteiger partial charge in [0.15, 0.2) is 11.7 Å². The zero-order valence-corrected chi connectivity index (χ0v) is 20.2. The summed E-state index contributed by atoms with van der Waals surface area (Å²) in [5, 5.41) is 2.46.